The van der Waals surface area contributed by atoms with Gasteiger partial charge < -0.3 is 9.30 Å². The van der Waals surface area contributed by atoms with E-state index in [2.05, 4.69) is 21.7 Å². The molecule has 3 heteroatoms. The van der Waals surface area contributed by atoms with Gasteiger partial charge in [0.05, 0.1) is 24.6 Å². The van der Waals surface area contributed by atoms with Gasteiger partial charge in [-0.3, -0.25) is 0 Å². The highest BCUT2D eigenvalue weighted by Gasteiger charge is 2.13. The molecule has 3 aromatic rings. The summed E-state index contributed by atoms with van der Waals surface area (Å²) in [7, 11) is 3.71. The highest BCUT2D eigenvalue weighted by atomic mass is 16.5. The Labute approximate surface area is 118 Å². The van der Waals surface area contributed by atoms with E-state index in [0.29, 0.717) is 0 Å². The van der Waals surface area contributed by atoms with Crippen molar-refractivity contribution >= 4 is 0 Å². The van der Waals surface area contributed by atoms with Crippen LogP contribution >= 0.6 is 0 Å². The summed E-state index contributed by atoms with van der Waals surface area (Å²) in [5.74, 6) is 1.74. The van der Waals surface area contributed by atoms with E-state index in [-0.39, 0.29) is 0 Å². The normalized spacial score (nSPS) is 10.5. The number of hydrogen-bond donors (Lipinski definition) is 0. The number of benzene rings is 2. The lowest BCUT2D eigenvalue weighted by molar-refractivity contribution is 0.416. The zero-order valence-electron chi connectivity index (χ0n) is 11.6. The first-order valence-electron chi connectivity index (χ1n) is 6.52. The third-order valence-corrected chi connectivity index (χ3v) is 3.41. The van der Waals surface area contributed by atoms with Crippen molar-refractivity contribution in [2.45, 2.75) is 0 Å². The average molecular weight is 264 g/mol. The van der Waals surface area contributed by atoms with Crippen molar-refractivity contribution < 1.29 is 4.74 Å². The minimum atomic E-state index is 0.834. The van der Waals surface area contributed by atoms with E-state index in [1.807, 2.05) is 55.7 Å². The summed E-state index contributed by atoms with van der Waals surface area (Å²) in [4.78, 5) is 4.55. The second kappa shape index (κ2) is 5.21. The lowest BCUT2D eigenvalue weighted by atomic mass is 10.1. The van der Waals surface area contributed by atoms with Crippen LogP contribution in [0.3, 0.4) is 0 Å². The van der Waals surface area contributed by atoms with E-state index in [0.717, 1.165) is 28.4 Å². The van der Waals surface area contributed by atoms with Crippen LogP contribution < -0.4 is 4.74 Å². The Balaban J connectivity index is 2.11. The van der Waals surface area contributed by atoms with Crippen LogP contribution in [0, 0.1) is 0 Å². The molecule has 0 amide bonds. The van der Waals surface area contributed by atoms with Gasteiger partial charge in [0, 0.05) is 7.05 Å². The van der Waals surface area contributed by atoms with E-state index in [9.17, 15) is 0 Å². The predicted octanol–water partition coefficient (Wildman–Crippen LogP) is 3.76. The summed E-state index contributed by atoms with van der Waals surface area (Å²) < 4.78 is 7.51. The molecule has 0 N–H and O–H groups in total. The fourth-order valence-corrected chi connectivity index (χ4v) is 2.37. The summed E-state index contributed by atoms with van der Waals surface area (Å²) in [6.07, 6.45) is 1.90. The number of imidazole rings is 1. The van der Waals surface area contributed by atoms with Crippen LogP contribution in [-0.2, 0) is 7.05 Å². The highest BCUT2D eigenvalue weighted by Crippen LogP contribution is 2.31. The van der Waals surface area contributed by atoms with Crippen molar-refractivity contribution in [3.63, 3.8) is 0 Å². The molecule has 0 aliphatic heterocycles. The smallest absolute Gasteiger partial charge is 0.143 e. The first kappa shape index (κ1) is 12.5. The fourth-order valence-electron chi connectivity index (χ4n) is 2.37. The molecular weight excluding hydrogens is 248 g/mol. The molecule has 1 heterocycles. The lowest BCUT2D eigenvalue weighted by Crippen LogP contribution is -1.97. The third-order valence-electron chi connectivity index (χ3n) is 3.41. The van der Waals surface area contributed by atoms with Crippen LogP contribution in [0.1, 0.15) is 0 Å². The van der Waals surface area contributed by atoms with Crippen molar-refractivity contribution in [3.05, 3.63) is 60.8 Å². The average Bonchev–Trinajstić information content (AvgIpc) is 2.89. The molecule has 0 bridgehead atoms. The lowest BCUT2D eigenvalue weighted by Gasteiger charge is -2.09. The molecule has 3 nitrogen and oxygen atoms in total. The minimum Gasteiger partial charge on any atom is -0.496 e. The molecule has 2 aromatic carbocycles. The zero-order chi connectivity index (χ0) is 13.9. The number of rotatable bonds is 3. The Bertz CT molecular complexity index is 717. The van der Waals surface area contributed by atoms with Crippen molar-refractivity contribution in [1.82, 2.24) is 9.55 Å². The van der Waals surface area contributed by atoms with Gasteiger partial charge in [-0.15, -0.1) is 0 Å². The van der Waals surface area contributed by atoms with Crippen LogP contribution in [0.2, 0.25) is 0 Å². The molecule has 0 spiro atoms. The summed E-state index contributed by atoms with van der Waals surface area (Å²) in [6, 6.07) is 18.2. The fraction of sp³-hybridized carbons (Fsp3) is 0.118. The molecule has 0 aliphatic carbocycles. The van der Waals surface area contributed by atoms with E-state index >= 15 is 0 Å². The Morgan fingerprint density at radius 3 is 2.40 bits per heavy atom. The van der Waals surface area contributed by atoms with Gasteiger partial charge >= 0.3 is 0 Å². The van der Waals surface area contributed by atoms with E-state index in [4.69, 9.17) is 4.74 Å². The summed E-state index contributed by atoms with van der Waals surface area (Å²) in [5, 5.41) is 0. The van der Waals surface area contributed by atoms with Gasteiger partial charge in [0.1, 0.15) is 11.6 Å². The summed E-state index contributed by atoms with van der Waals surface area (Å²) in [6.45, 7) is 0. The van der Waals surface area contributed by atoms with Crippen LogP contribution in [0.4, 0.5) is 0 Å². The monoisotopic (exact) mass is 264 g/mol. The van der Waals surface area contributed by atoms with Crippen molar-refractivity contribution in [2.75, 3.05) is 7.11 Å². The van der Waals surface area contributed by atoms with E-state index in [1.54, 1.807) is 7.11 Å². The second-order valence-corrected chi connectivity index (χ2v) is 4.59. The first-order valence-corrected chi connectivity index (χ1v) is 6.52. The van der Waals surface area contributed by atoms with Gasteiger partial charge in [-0.25, -0.2) is 4.98 Å². The summed E-state index contributed by atoms with van der Waals surface area (Å²) >= 11 is 0. The number of aromatic nitrogens is 2. The van der Waals surface area contributed by atoms with Gasteiger partial charge in [0.25, 0.3) is 0 Å². The van der Waals surface area contributed by atoms with Crippen molar-refractivity contribution in [2.24, 2.45) is 7.05 Å². The van der Waals surface area contributed by atoms with Crippen LogP contribution in [0.5, 0.6) is 5.75 Å². The predicted molar refractivity (Wildman–Crippen MR) is 80.6 cm³/mol. The Hall–Kier alpha value is -2.55. The standard InChI is InChI=1S/C17H16N2O/c1-19-15(13-8-4-3-5-9-13)12-18-17(19)14-10-6-7-11-16(14)20-2/h3-12H,1-2H3. The molecule has 0 aliphatic rings. The van der Waals surface area contributed by atoms with E-state index < -0.39 is 0 Å². The number of nitrogens with zero attached hydrogens (tertiary/aromatic N) is 2. The van der Waals surface area contributed by atoms with E-state index in [1.165, 1.54) is 0 Å². The Kier molecular flexibility index (Phi) is 3.25. The van der Waals surface area contributed by atoms with Crippen LogP contribution in [0.15, 0.2) is 60.8 Å². The molecule has 0 atom stereocenters. The Morgan fingerprint density at radius 2 is 1.65 bits per heavy atom. The third kappa shape index (κ3) is 2.07. The first-order chi connectivity index (χ1) is 9.81. The van der Waals surface area contributed by atoms with Crippen molar-refractivity contribution in [1.29, 1.82) is 0 Å². The molecule has 3 rings (SSSR count). The molecule has 100 valence electrons. The number of hydrogen-bond acceptors (Lipinski definition) is 2. The minimum absolute atomic E-state index is 0.834. The van der Waals surface area contributed by atoms with Gasteiger partial charge in [-0.2, -0.15) is 0 Å². The van der Waals surface area contributed by atoms with Gasteiger partial charge in [0.15, 0.2) is 0 Å². The van der Waals surface area contributed by atoms with Gasteiger partial charge in [-0.05, 0) is 17.7 Å². The van der Waals surface area contributed by atoms with Crippen LogP contribution in [0.25, 0.3) is 22.6 Å². The SMILES string of the molecule is COc1ccccc1-c1ncc(-c2ccccc2)n1C. The van der Waals surface area contributed by atoms with Gasteiger partial charge in [-0.1, -0.05) is 42.5 Å². The van der Waals surface area contributed by atoms with Crippen molar-refractivity contribution in [3.8, 4) is 28.4 Å². The molecule has 20 heavy (non-hydrogen) atoms. The summed E-state index contributed by atoms with van der Waals surface area (Å²) in [5.41, 5.74) is 3.25. The van der Waals surface area contributed by atoms with Crippen LogP contribution in [-0.4, -0.2) is 16.7 Å². The molecule has 0 radical (unpaired) electrons. The topological polar surface area (TPSA) is 27.1 Å². The molecular formula is C17H16N2O. The Morgan fingerprint density at radius 1 is 0.950 bits per heavy atom. The molecule has 0 unspecified atom stereocenters. The highest BCUT2D eigenvalue weighted by molar-refractivity contribution is 5.69. The van der Waals surface area contributed by atoms with Gasteiger partial charge in [0.2, 0.25) is 0 Å². The quantitative estimate of drug-likeness (QED) is 0.720. The maximum atomic E-state index is 5.42. The number of ether oxygens (including phenoxy) is 1. The maximum Gasteiger partial charge on any atom is 0.143 e. The maximum absolute atomic E-state index is 5.42. The second-order valence-electron chi connectivity index (χ2n) is 4.59. The largest absolute Gasteiger partial charge is 0.496 e. The number of methoxy groups -OCH3 is 1. The molecule has 1 aromatic heterocycles. The molecule has 0 saturated heterocycles. The molecule has 0 saturated carbocycles. The zero-order valence-corrected chi connectivity index (χ0v) is 11.6. The molecule has 0 fully saturated rings. The number of para-hydroxylation sites is 1.